The number of ether oxygens (including phenoxy) is 1. The van der Waals surface area contributed by atoms with Crippen LogP contribution >= 0.6 is 34.5 Å². The predicted octanol–water partition coefficient (Wildman–Crippen LogP) is 5.05. The molecule has 0 saturated heterocycles. The zero-order chi connectivity index (χ0) is 17.0. The molecule has 2 rings (SSSR count). The molecule has 1 aromatic heterocycles. The topological polar surface area (TPSA) is 55.4 Å². The molecule has 0 bridgehead atoms. The maximum Gasteiger partial charge on any atom is 0.341 e. The van der Waals surface area contributed by atoms with Gasteiger partial charge in [-0.2, -0.15) is 0 Å². The van der Waals surface area contributed by atoms with E-state index in [0.717, 1.165) is 11.3 Å². The van der Waals surface area contributed by atoms with Crippen molar-refractivity contribution >= 4 is 51.4 Å². The van der Waals surface area contributed by atoms with E-state index >= 15 is 0 Å². The fourth-order valence-electron chi connectivity index (χ4n) is 1.88. The number of hydrogen-bond acceptors (Lipinski definition) is 4. The zero-order valence-electron chi connectivity index (χ0n) is 12.6. The van der Waals surface area contributed by atoms with Crippen LogP contribution in [-0.2, 0) is 11.2 Å². The van der Waals surface area contributed by atoms with E-state index in [1.807, 2.05) is 6.92 Å². The Bertz CT molecular complexity index is 743. The Hall–Kier alpha value is -1.56. The maximum atomic E-state index is 12.3. The SMILES string of the molecule is CCOC(=O)c1cc(CC)sc1NC(=O)c1ccc(Cl)c(Cl)c1. The van der Waals surface area contributed by atoms with Gasteiger partial charge in [-0.3, -0.25) is 4.79 Å². The van der Waals surface area contributed by atoms with Crippen LogP contribution < -0.4 is 5.32 Å². The Morgan fingerprint density at radius 1 is 1.17 bits per heavy atom. The van der Waals surface area contributed by atoms with E-state index in [1.54, 1.807) is 25.1 Å². The first-order valence-electron chi connectivity index (χ1n) is 7.02. The average Bonchev–Trinajstić information content (AvgIpc) is 2.93. The highest BCUT2D eigenvalue weighted by Crippen LogP contribution is 2.30. The molecule has 0 spiro atoms. The first-order chi connectivity index (χ1) is 11.0. The number of rotatable bonds is 5. The van der Waals surface area contributed by atoms with Crippen LogP contribution in [0.3, 0.4) is 0 Å². The van der Waals surface area contributed by atoms with Gasteiger partial charge in [-0.1, -0.05) is 30.1 Å². The van der Waals surface area contributed by atoms with E-state index in [4.69, 9.17) is 27.9 Å². The molecular formula is C16H15Cl2NO3S. The third-order valence-electron chi connectivity index (χ3n) is 3.04. The average molecular weight is 372 g/mol. The number of thiophene rings is 1. The largest absolute Gasteiger partial charge is 0.462 e. The molecule has 1 amide bonds. The van der Waals surface area contributed by atoms with Gasteiger partial charge < -0.3 is 10.1 Å². The number of nitrogens with one attached hydrogen (secondary N) is 1. The maximum absolute atomic E-state index is 12.3. The van der Waals surface area contributed by atoms with Crippen LogP contribution in [0.25, 0.3) is 0 Å². The van der Waals surface area contributed by atoms with Gasteiger partial charge in [0.1, 0.15) is 5.00 Å². The van der Waals surface area contributed by atoms with Gasteiger partial charge in [-0.25, -0.2) is 4.79 Å². The molecular weight excluding hydrogens is 357 g/mol. The molecule has 7 heteroatoms. The minimum atomic E-state index is -0.451. The van der Waals surface area contributed by atoms with Crippen LogP contribution in [0.4, 0.5) is 5.00 Å². The van der Waals surface area contributed by atoms with E-state index < -0.39 is 5.97 Å². The van der Waals surface area contributed by atoms with Gasteiger partial charge in [0.05, 0.1) is 22.2 Å². The second kappa shape index (κ2) is 7.81. The normalized spacial score (nSPS) is 10.4. The minimum absolute atomic E-state index is 0.274. The highest BCUT2D eigenvalue weighted by Gasteiger charge is 2.19. The van der Waals surface area contributed by atoms with Crippen molar-refractivity contribution in [1.29, 1.82) is 0 Å². The number of benzene rings is 1. The molecule has 1 aromatic carbocycles. The second-order valence-corrected chi connectivity index (χ2v) is 6.56. The standard InChI is InChI=1S/C16H15Cl2NO3S/c1-3-10-8-11(16(21)22-4-2)15(23-10)19-14(20)9-5-6-12(17)13(18)7-9/h5-8H,3-4H2,1-2H3,(H,19,20). The van der Waals surface area contributed by atoms with Crippen molar-refractivity contribution in [1.82, 2.24) is 0 Å². The van der Waals surface area contributed by atoms with Crippen molar-refractivity contribution in [2.24, 2.45) is 0 Å². The van der Waals surface area contributed by atoms with Gasteiger partial charge in [0, 0.05) is 10.4 Å². The molecule has 0 atom stereocenters. The number of carbonyl (C=O) groups is 2. The van der Waals surface area contributed by atoms with E-state index in [0.29, 0.717) is 26.2 Å². The molecule has 0 aliphatic carbocycles. The second-order valence-electron chi connectivity index (χ2n) is 4.61. The van der Waals surface area contributed by atoms with Gasteiger partial charge in [-0.05, 0) is 37.6 Å². The Labute approximate surface area is 148 Å². The number of halogens is 2. The van der Waals surface area contributed by atoms with Crippen molar-refractivity contribution in [3.05, 3.63) is 50.3 Å². The van der Waals surface area contributed by atoms with Gasteiger partial charge in [-0.15, -0.1) is 11.3 Å². The highest BCUT2D eigenvalue weighted by molar-refractivity contribution is 7.16. The van der Waals surface area contributed by atoms with Crippen LogP contribution in [0, 0.1) is 0 Å². The van der Waals surface area contributed by atoms with Gasteiger partial charge >= 0.3 is 5.97 Å². The summed E-state index contributed by atoms with van der Waals surface area (Å²) in [6.07, 6.45) is 0.764. The lowest BCUT2D eigenvalue weighted by Gasteiger charge is -2.07. The summed E-state index contributed by atoms with van der Waals surface area (Å²) in [5, 5.41) is 3.88. The minimum Gasteiger partial charge on any atom is -0.462 e. The Balaban J connectivity index is 2.27. The smallest absolute Gasteiger partial charge is 0.341 e. The monoisotopic (exact) mass is 371 g/mol. The third-order valence-corrected chi connectivity index (χ3v) is 4.97. The lowest BCUT2D eigenvalue weighted by Crippen LogP contribution is -2.14. The molecule has 0 unspecified atom stereocenters. The summed E-state index contributed by atoms with van der Waals surface area (Å²) in [5.41, 5.74) is 0.725. The van der Waals surface area contributed by atoms with Gasteiger partial charge in [0.25, 0.3) is 5.91 Å². The highest BCUT2D eigenvalue weighted by atomic mass is 35.5. The summed E-state index contributed by atoms with van der Waals surface area (Å²) >= 11 is 13.1. The molecule has 1 heterocycles. The molecule has 0 saturated carbocycles. The summed E-state index contributed by atoms with van der Waals surface area (Å²) in [6, 6.07) is 6.35. The fraction of sp³-hybridized carbons (Fsp3) is 0.250. The Morgan fingerprint density at radius 3 is 2.52 bits per heavy atom. The molecule has 2 aromatic rings. The summed E-state index contributed by atoms with van der Waals surface area (Å²) in [6.45, 7) is 3.99. The molecule has 0 radical (unpaired) electrons. The van der Waals surface area contributed by atoms with Crippen molar-refractivity contribution in [2.45, 2.75) is 20.3 Å². The number of amides is 1. The quantitative estimate of drug-likeness (QED) is 0.748. The number of esters is 1. The molecule has 0 fully saturated rings. The van der Waals surface area contributed by atoms with E-state index in [2.05, 4.69) is 5.32 Å². The van der Waals surface area contributed by atoms with Gasteiger partial charge in [0.2, 0.25) is 0 Å². The fourth-order valence-corrected chi connectivity index (χ4v) is 3.16. The summed E-state index contributed by atoms with van der Waals surface area (Å²) in [7, 11) is 0. The van der Waals surface area contributed by atoms with Crippen molar-refractivity contribution in [2.75, 3.05) is 11.9 Å². The van der Waals surface area contributed by atoms with Crippen LogP contribution in [0.1, 0.15) is 39.4 Å². The Kier molecular flexibility index (Phi) is 6.04. The van der Waals surface area contributed by atoms with E-state index in [9.17, 15) is 9.59 Å². The lowest BCUT2D eigenvalue weighted by molar-refractivity contribution is 0.0528. The Morgan fingerprint density at radius 2 is 1.91 bits per heavy atom. The molecule has 0 aliphatic rings. The van der Waals surface area contributed by atoms with Crippen LogP contribution in [0.2, 0.25) is 10.0 Å². The molecule has 23 heavy (non-hydrogen) atoms. The summed E-state index contributed by atoms with van der Waals surface area (Å²) in [5.74, 6) is -0.813. The van der Waals surface area contributed by atoms with Crippen LogP contribution in [-0.4, -0.2) is 18.5 Å². The molecule has 1 N–H and O–H groups in total. The first kappa shape index (κ1) is 17.8. The van der Waals surface area contributed by atoms with Gasteiger partial charge in [0.15, 0.2) is 0 Å². The number of aryl methyl sites for hydroxylation is 1. The first-order valence-corrected chi connectivity index (χ1v) is 8.59. The lowest BCUT2D eigenvalue weighted by atomic mass is 10.2. The third kappa shape index (κ3) is 4.25. The summed E-state index contributed by atoms with van der Waals surface area (Å²) in [4.78, 5) is 25.3. The molecule has 122 valence electrons. The number of hydrogen-bond donors (Lipinski definition) is 1. The van der Waals surface area contributed by atoms with E-state index in [1.165, 1.54) is 17.4 Å². The number of carbonyl (C=O) groups excluding carboxylic acids is 2. The predicted molar refractivity (Wildman–Crippen MR) is 94.1 cm³/mol. The van der Waals surface area contributed by atoms with Crippen LogP contribution in [0.5, 0.6) is 0 Å². The van der Waals surface area contributed by atoms with E-state index in [-0.39, 0.29) is 12.5 Å². The molecule has 0 aliphatic heterocycles. The van der Waals surface area contributed by atoms with Crippen LogP contribution in [0.15, 0.2) is 24.3 Å². The molecule has 4 nitrogen and oxygen atoms in total. The summed E-state index contributed by atoms with van der Waals surface area (Å²) < 4.78 is 5.03. The van der Waals surface area contributed by atoms with Crippen molar-refractivity contribution in [3.63, 3.8) is 0 Å². The van der Waals surface area contributed by atoms with Crippen molar-refractivity contribution < 1.29 is 14.3 Å². The number of anilines is 1. The van der Waals surface area contributed by atoms with Crippen molar-refractivity contribution in [3.8, 4) is 0 Å². The zero-order valence-corrected chi connectivity index (χ0v) is 14.9.